The maximum Gasteiger partial charge on any atom is 0.472 e. The molecule has 0 bridgehead atoms. The van der Waals surface area contributed by atoms with Crippen molar-refractivity contribution in [3.8, 4) is 0 Å². The minimum absolute atomic E-state index is 0.0290. The van der Waals surface area contributed by atoms with Gasteiger partial charge in [0.05, 0.1) is 33.8 Å². The van der Waals surface area contributed by atoms with E-state index in [-0.39, 0.29) is 37.9 Å². The van der Waals surface area contributed by atoms with Gasteiger partial charge in [-0.25, -0.2) is 4.57 Å². The van der Waals surface area contributed by atoms with Gasteiger partial charge in [-0.05, 0) is 96.0 Å². The highest BCUT2D eigenvalue weighted by atomic mass is 31.2. The quantitative estimate of drug-likeness (QED) is 0.0205. The Kier molecular flexibility index (Phi) is 44.4. The number of unbranched alkanes of at least 4 members (excludes halogenated alkanes) is 21. The molecule has 9 nitrogen and oxygen atoms in total. The molecular weight excluding hydrogens is 844 g/mol. The van der Waals surface area contributed by atoms with Crippen LogP contribution in [0, 0.1) is 0 Å². The second kappa shape index (κ2) is 46.2. The van der Waals surface area contributed by atoms with Gasteiger partial charge in [0, 0.05) is 12.8 Å². The Bertz CT molecular complexity index is 1370. The summed E-state index contributed by atoms with van der Waals surface area (Å²) in [5.74, 6) is -0.566. The van der Waals surface area contributed by atoms with Crippen LogP contribution in [-0.2, 0) is 27.9 Å². The molecular formula is C56H102N2O7P+. The molecule has 1 amide bonds. The van der Waals surface area contributed by atoms with Gasteiger partial charge in [0.25, 0.3) is 0 Å². The predicted octanol–water partition coefficient (Wildman–Crippen LogP) is 15.7. The Morgan fingerprint density at radius 2 is 0.970 bits per heavy atom. The van der Waals surface area contributed by atoms with Crippen LogP contribution in [0.1, 0.15) is 220 Å². The highest BCUT2D eigenvalue weighted by Gasteiger charge is 2.30. The van der Waals surface area contributed by atoms with Crippen molar-refractivity contribution in [2.75, 3.05) is 40.9 Å². The first-order valence-electron chi connectivity index (χ1n) is 26.8. The summed E-state index contributed by atoms with van der Waals surface area (Å²) in [4.78, 5) is 37.4. The summed E-state index contributed by atoms with van der Waals surface area (Å²) < 4.78 is 30.5. The number of allylic oxidation sites excluding steroid dienone is 11. The van der Waals surface area contributed by atoms with E-state index in [2.05, 4.69) is 86.8 Å². The lowest BCUT2D eigenvalue weighted by Crippen LogP contribution is -2.47. The molecule has 382 valence electrons. The first-order valence-corrected chi connectivity index (χ1v) is 28.3. The second-order valence-electron chi connectivity index (χ2n) is 19.0. The molecule has 0 aromatic carbocycles. The summed E-state index contributed by atoms with van der Waals surface area (Å²) in [5.41, 5.74) is 0. The molecule has 3 unspecified atom stereocenters. The lowest BCUT2D eigenvalue weighted by Gasteiger charge is -2.27. The molecule has 0 radical (unpaired) electrons. The smallest absolute Gasteiger partial charge is 0.456 e. The number of esters is 1. The maximum atomic E-state index is 13.4. The molecule has 0 saturated carbocycles. The van der Waals surface area contributed by atoms with E-state index in [1.54, 1.807) is 0 Å². The van der Waals surface area contributed by atoms with Crippen LogP contribution in [0.2, 0.25) is 0 Å². The minimum atomic E-state index is -4.45. The van der Waals surface area contributed by atoms with E-state index < -0.39 is 20.0 Å². The van der Waals surface area contributed by atoms with Crippen LogP contribution in [0.5, 0.6) is 0 Å². The highest BCUT2D eigenvalue weighted by Crippen LogP contribution is 2.43. The average molecular weight is 946 g/mol. The van der Waals surface area contributed by atoms with E-state index in [1.807, 2.05) is 33.3 Å². The predicted molar refractivity (Wildman–Crippen MR) is 281 cm³/mol. The van der Waals surface area contributed by atoms with Crippen molar-refractivity contribution in [2.45, 2.75) is 232 Å². The molecule has 0 aliphatic carbocycles. The topological polar surface area (TPSA) is 111 Å². The second-order valence-corrected chi connectivity index (χ2v) is 20.5. The van der Waals surface area contributed by atoms with Crippen molar-refractivity contribution < 1.29 is 37.3 Å². The van der Waals surface area contributed by atoms with Crippen LogP contribution in [0.15, 0.2) is 72.9 Å². The summed E-state index contributed by atoms with van der Waals surface area (Å²) in [6, 6.07) is -0.871. The van der Waals surface area contributed by atoms with Gasteiger partial charge in [-0.1, -0.05) is 184 Å². The summed E-state index contributed by atoms with van der Waals surface area (Å²) in [5, 5.41) is 3.01. The van der Waals surface area contributed by atoms with Gasteiger partial charge in [-0.15, -0.1) is 0 Å². The van der Waals surface area contributed by atoms with Crippen LogP contribution in [0.3, 0.4) is 0 Å². The van der Waals surface area contributed by atoms with E-state index in [1.165, 1.54) is 83.5 Å². The number of carbonyl (C=O) groups excluding carboxylic acids is 2. The first kappa shape index (κ1) is 63.5. The molecule has 0 aliphatic heterocycles. The van der Waals surface area contributed by atoms with Gasteiger partial charge in [-0.3, -0.25) is 18.6 Å². The minimum Gasteiger partial charge on any atom is -0.456 e. The van der Waals surface area contributed by atoms with Crippen LogP contribution in [0.4, 0.5) is 0 Å². The standard InChI is InChI=1S/C56H101N2O7P/c1-7-10-13-16-19-22-25-27-28-29-31-33-36-39-42-45-48-55(59)57-53(52-64-66(61,62)63-51-50-58(4,5)6)54(47-44-41-38-35-32-24-21-18-15-12-9-3)65-56(60)49-46-43-40-37-34-30-26-23-20-17-14-11-8-2/h10,13,19,22,27-28,30-31,33-34,44,47,53-54H,7-9,11-12,14-18,20-21,23-26,29,32,35-43,45-46,48-52H2,1-6H3,(H-,57,59,61,62)/p+1/b13-10+,22-19+,28-27+,33-31+,34-30-,47-44+. The molecule has 0 heterocycles. The first-order chi connectivity index (χ1) is 31.9. The van der Waals surface area contributed by atoms with E-state index in [0.717, 1.165) is 89.9 Å². The molecule has 0 rings (SSSR count). The number of nitrogens with one attached hydrogen (secondary N) is 1. The SMILES string of the molecule is CC/C=C/C/C=C/C/C=C/C/C=C/CCCCCC(=O)NC(COP(=O)(O)OCC[N+](C)(C)C)C(/C=C/CCCCCCCCCCC)OC(=O)CCCCC/C=C\CCCCCCCC. The third-order valence-corrected chi connectivity index (χ3v) is 12.4. The lowest BCUT2D eigenvalue weighted by molar-refractivity contribution is -0.870. The zero-order chi connectivity index (χ0) is 48.7. The summed E-state index contributed by atoms with van der Waals surface area (Å²) in [6.45, 7) is 6.82. The fourth-order valence-electron chi connectivity index (χ4n) is 7.22. The van der Waals surface area contributed by atoms with Gasteiger partial charge >= 0.3 is 13.8 Å². The number of hydrogen-bond acceptors (Lipinski definition) is 6. The van der Waals surface area contributed by atoms with Gasteiger partial charge in [-0.2, -0.15) is 0 Å². The number of quaternary nitrogens is 1. The molecule has 0 spiro atoms. The van der Waals surface area contributed by atoms with Gasteiger partial charge in [0.15, 0.2) is 0 Å². The van der Waals surface area contributed by atoms with Crippen LogP contribution < -0.4 is 5.32 Å². The van der Waals surface area contributed by atoms with Gasteiger partial charge in [0.2, 0.25) is 5.91 Å². The maximum absolute atomic E-state index is 13.4. The Hall–Kier alpha value is -2.55. The number of nitrogens with zero attached hydrogens (tertiary/aromatic N) is 1. The molecule has 0 aromatic rings. The highest BCUT2D eigenvalue weighted by molar-refractivity contribution is 7.47. The van der Waals surface area contributed by atoms with Crippen molar-refractivity contribution in [2.24, 2.45) is 0 Å². The van der Waals surface area contributed by atoms with Crippen molar-refractivity contribution in [3.05, 3.63) is 72.9 Å². The molecule has 2 N–H and O–H groups in total. The number of likely N-dealkylation sites (N-methyl/N-ethyl adjacent to an activating group) is 1. The van der Waals surface area contributed by atoms with E-state index in [0.29, 0.717) is 23.9 Å². The van der Waals surface area contributed by atoms with Crippen LogP contribution in [-0.4, -0.2) is 74.3 Å². The number of amides is 1. The molecule has 0 fully saturated rings. The van der Waals surface area contributed by atoms with Crippen molar-refractivity contribution in [3.63, 3.8) is 0 Å². The Balaban J connectivity index is 5.47. The van der Waals surface area contributed by atoms with E-state index >= 15 is 0 Å². The largest absolute Gasteiger partial charge is 0.472 e. The van der Waals surface area contributed by atoms with E-state index in [4.69, 9.17) is 13.8 Å². The van der Waals surface area contributed by atoms with Gasteiger partial charge < -0.3 is 19.4 Å². The summed E-state index contributed by atoms with van der Waals surface area (Å²) in [6.07, 6.45) is 57.6. The molecule has 10 heteroatoms. The monoisotopic (exact) mass is 946 g/mol. The number of carbonyl (C=O) groups is 2. The Morgan fingerprint density at radius 3 is 1.47 bits per heavy atom. The summed E-state index contributed by atoms with van der Waals surface area (Å²) in [7, 11) is 1.46. The molecule has 0 saturated heterocycles. The van der Waals surface area contributed by atoms with Gasteiger partial charge in [0.1, 0.15) is 19.3 Å². The normalized spacial score (nSPS) is 14.5. The Morgan fingerprint density at radius 1 is 0.545 bits per heavy atom. The number of ether oxygens (including phenoxy) is 1. The van der Waals surface area contributed by atoms with Crippen molar-refractivity contribution in [1.82, 2.24) is 5.32 Å². The van der Waals surface area contributed by atoms with Crippen molar-refractivity contribution in [1.29, 1.82) is 0 Å². The molecule has 0 aliphatic rings. The molecule has 0 aromatic heterocycles. The fourth-order valence-corrected chi connectivity index (χ4v) is 7.95. The third kappa shape index (κ3) is 46.6. The van der Waals surface area contributed by atoms with Crippen LogP contribution >= 0.6 is 7.82 Å². The lowest BCUT2D eigenvalue weighted by atomic mass is 10.1. The zero-order valence-electron chi connectivity index (χ0n) is 43.4. The van der Waals surface area contributed by atoms with Crippen molar-refractivity contribution >= 4 is 19.7 Å². The number of rotatable bonds is 47. The average Bonchev–Trinajstić information content (AvgIpc) is 3.27. The third-order valence-electron chi connectivity index (χ3n) is 11.4. The molecule has 3 atom stereocenters. The number of phosphoric acid groups is 1. The van der Waals surface area contributed by atoms with Crippen LogP contribution in [0.25, 0.3) is 0 Å². The fraction of sp³-hybridized carbons (Fsp3) is 0.750. The zero-order valence-corrected chi connectivity index (χ0v) is 44.3. The Labute approximate surface area is 406 Å². The summed E-state index contributed by atoms with van der Waals surface area (Å²) >= 11 is 0. The van der Waals surface area contributed by atoms with E-state index in [9.17, 15) is 19.0 Å². The molecule has 66 heavy (non-hydrogen) atoms. The number of hydrogen-bond donors (Lipinski definition) is 2. The number of phosphoric ester groups is 1.